The fourth-order valence-electron chi connectivity index (χ4n) is 4.37. The number of hydrogen-bond acceptors (Lipinski definition) is 2. The summed E-state index contributed by atoms with van der Waals surface area (Å²) in [5.41, 5.74) is 2.20. The van der Waals surface area contributed by atoms with Gasteiger partial charge in [0.25, 0.3) is 0 Å². The van der Waals surface area contributed by atoms with Crippen molar-refractivity contribution in [2.24, 2.45) is 11.8 Å². The van der Waals surface area contributed by atoms with Crippen LogP contribution >= 0.6 is 11.6 Å². The number of imidazole rings is 1. The van der Waals surface area contributed by atoms with E-state index >= 15 is 0 Å². The van der Waals surface area contributed by atoms with E-state index in [0.29, 0.717) is 6.04 Å². The zero-order chi connectivity index (χ0) is 14.6. The molecule has 2 fully saturated rings. The quantitative estimate of drug-likeness (QED) is 0.768. The molecule has 0 radical (unpaired) electrons. The van der Waals surface area contributed by atoms with Gasteiger partial charge in [-0.2, -0.15) is 0 Å². The van der Waals surface area contributed by atoms with Crippen LogP contribution in [0, 0.1) is 11.8 Å². The summed E-state index contributed by atoms with van der Waals surface area (Å²) in [5, 5.41) is -0.0671. The number of benzene rings is 1. The lowest BCUT2D eigenvalue weighted by Gasteiger charge is -2.26. The predicted molar refractivity (Wildman–Crippen MR) is 85.0 cm³/mol. The van der Waals surface area contributed by atoms with Gasteiger partial charge in [0.15, 0.2) is 0 Å². The van der Waals surface area contributed by atoms with Gasteiger partial charge in [-0.25, -0.2) is 4.98 Å². The normalized spacial score (nSPS) is 29.2. The molecule has 0 N–H and O–H groups in total. The molecule has 2 aliphatic carbocycles. The van der Waals surface area contributed by atoms with E-state index in [9.17, 15) is 0 Å². The Kier molecular flexibility index (Phi) is 3.14. The fraction of sp³-hybridized carbons (Fsp3) is 0.588. The largest absolute Gasteiger partial charge is 0.497 e. The van der Waals surface area contributed by atoms with Gasteiger partial charge in [-0.3, -0.25) is 0 Å². The summed E-state index contributed by atoms with van der Waals surface area (Å²) in [7, 11) is 1.71. The van der Waals surface area contributed by atoms with E-state index in [1.807, 2.05) is 19.1 Å². The summed E-state index contributed by atoms with van der Waals surface area (Å²) in [6.07, 6.45) is 5.42. The van der Waals surface area contributed by atoms with Gasteiger partial charge in [-0.1, -0.05) is 6.42 Å². The minimum Gasteiger partial charge on any atom is -0.497 e. The lowest BCUT2D eigenvalue weighted by atomic mass is 9.95. The van der Waals surface area contributed by atoms with Gasteiger partial charge < -0.3 is 9.30 Å². The van der Waals surface area contributed by atoms with Crippen LogP contribution in [0.25, 0.3) is 11.0 Å². The van der Waals surface area contributed by atoms with Crippen molar-refractivity contribution in [3.8, 4) is 5.75 Å². The lowest BCUT2D eigenvalue weighted by Crippen LogP contribution is -2.18. The third-order valence-corrected chi connectivity index (χ3v) is 5.51. The van der Waals surface area contributed by atoms with E-state index < -0.39 is 0 Å². The van der Waals surface area contributed by atoms with Gasteiger partial charge in [-0.15, -0.1) is 11.6 Å². The number of rotatable bonds is 3. The van der Waals surface area contributed by atoms with Crippen LogP contribution in [-0.2, 0) is 0 Å². The van der Waals surface area contributed by atoms with Crippen molar-refractivity contribution in [2.45, 2.75) is 44.0 Å². The van der Waals surface area contributed by atoms with Gasteiger partial charge in [0.05, 0.1) is 23.5 Å². The summed E-state index contributed by atoms with van der Waals surface area (Å²) < 4.78 is 7.81. The highest BCUT2D eigenvalue weighted by molar-refractivity contribution is 6.20. The Morgan fingerprint density at radius 3 is 2.81 bits per heavy atom. The Hall–Kier alpha value is -1.22. The van der Waals surface area contributed by atoms with Crippen LogP contribution in [0.3, 0.4) is 0 Å². The molecule has 2 saturated carbocycles. The molecule has 4 unspecified atom stereocenters. The maximum absolute atomic E-state index is 6.42. The number of methoxy groups -OCH3 is 1. The van der Waals surface area contributed by atoms with Crippen molar-refractivity contribution in [3.05, 3.63) is 24.0 Å². The molecule has 112 valence electrons. The van der Waals surface area contributed by atoms with E-state index in [1.54, 1.807) is 7.11 Å². The fourth-order valence-corrected chi connectivity index (χ4v) is 4.53. The maximum atomic E-state index is 6.42. The molecule has 1 heterocycles. The van der Waals surface area contributed by atoms with Gasteiger partial charge in [0, 0.05) is 12.1 Å². The van der Waals surface area contributed by atoms with E-state index in [4.69, 9.17) is 21.3 Å². The Labute approximate surface area is 130 Å². The Morgan fingerprint density at radius 1 is 1.33 bits per heavy atom. The number of nitrogens with zero attached hydrogens (tertiary/aromatic N) is 2. The highest BCUT2D eigenvalue weighted by Crippen LogP contribution is 2.52. The summed E-state index contributed by atoms with van der Waals surface area (Å²) in [6.45, 7) is 2.02. The Morgan fingerprint density at radius 2 is 2.19 bits per heavy atom. The second-order valence-corrected chi connectivity index (χ2v) is 7.21. The molecule has 1 aromatic carbocycles. The molecule has 2 bridgehead atoms. The van der Waals surface area contributed by atoms with Crippen molar-refractivity contribution in [3.63, 3.8) is 0 Å². The Bertz CT molecular complexity index is 679. The van der Waals surface area contributed by atoms with E-state index in [2.05, 4.69) is 10.6 Å². The predicted octanol–water partition coefficient (Wildman–Crippen LogP) is 4.71. The number of aromatic nitrogens is 2. The topological polar surface area (TPSA) is 27.1 Å². The second kappa shape index (κ2) is 4.91. The molecule has 1 aromatic heterocycles. The van der Waals surface area contributed by atoms with Crippen LogP contribution in [0.1, 0.15) is 49.9 Å². The molecule has 3 nitrogen and oxygen atoms in total. The van der Waals surface area contributed by atoms with Crippen LogP contribution in [0.2, 0.25) is 0 Å². The minimum absolute atomic E-state index is 0.0671. The standard InChI is InChI=1S/C17H21ClN2O/c1-10(18)17-19-14-6-5-13(21-2)9-16(14)20(17)15-8-11-3-4-12(15)7-11/h5-6,9-12,15H,3-4,7-8H2,1-2H3. The second-order valence-electron chi connectivity index (χ2n) is 6.55. The van der Waals surface area contributed by atoms with Gasteiger partial charge in [0.2, 0.25) is 0 Å². The molecule has 2 aliphatic rings. The third-order valence-electron chi connectivity index (χ3n) is 5.31. The summed E-state index contributed by atoms with van der Waals surface area (Å²) in [4.78, 5) is 4.79. The lowest BCUT2D eigenvalue weighted by molar-refractivity contribution is 0.329. The number of ether oxygens (including phenoxy) is 1. The van der Waals surface area contributed by atoms with Crippen LogP contribution in [-0.4, -0.2) is 16.7 Å². The van der Waals surface area contributed by atoms with Crippen LogP contribution in [0.4, 0.5) is 0 Å². The average Bonchev–Trinajstić information content (AvgIpc) is 3.18. The summed E-state index contributed by atoms with van der Waals surface area (Å²) in [5.74, 6) is 3.60. The minimum atomic E-state index is -0.0671. The summed E-state index contributed by atoms with van der Waals surface area (Å²) in [6, 6.07) is 6.69. The smallest absolute Gasteiger partial charge is 0.127 e. The van der Waals surface area contributed by atoms with Gasteiger partial charge >= 0.3 is 0 Å². The molecule has 4 rings (SSSR count). The van der Waals surface area contributed by atoms with E-state index in [-0.39, 0.29) is 5.38 Å². The van der Waals surface area contributed by atoms with Crippen LogP contribution < -0.4 is 4.74 Å². The third kappa shape index (κ3) is 2.05. The first-order valence-electron chi connectivity index (χ1n) is 7.87. The molecule has 0 amide bonds. The van der Waals surface area contributed by atoms with Crippen molar-refractivity contribution >= 4 is 22.6 Å². The van der Waals surface area contributed by atoms with E-state index in [0.717, 1.165) is 28.9 Å². The Balaban J connectivity index is 1.89. The molecule has 21 heavy (non-hydrogen) atoms. The number of fused-ring (bicyclic) bond motifs is 3. The van der Waals surface area contributed by atoms with Crippen LogP contribution in [0.15, 0.2) is 18.2 Å². The van der Waals surface area contributed by atoms with Crippen molar-refractivity contribution in [1.82, 2.24) is 9.55 Å². The first-order chi connectivity index (χ1) is 10.2. The number of alkyl halides is 1. The molecular weight excluding hydrogens is 284 g/mol. The molecule has 0 saturated heterocycles. The highest BCUT2D eigenvalue weighted by atomic mass is 35.5. The number of halogens is 1. The number of hydrogen-bond donors (Lipinski definition) is 0. The van der Waals surface area contributed by atoms with Gasteiger partial charge in [-0.05, 0) is 50.2 Å². The average molecular weight is 305 g/mol. The zero-order valence-corrected chi connectivity index (χ0v) is 13.3. The monoisotopic (exact) mass is 304 g/mol. The highest BCUT2D eigenvalue weighted by Gasteiger charge is 2.42. The SMILES string of the molecule is COc1ccc2nc(C(C)Cl)n(C3CC4CCC3C4)c2c1. The van der Waals surface area contributed by atoms with Gasteiger partial charge in [0.1, 0.15) is 11.6 Å². The molecule has 4 heteroatoms. The molecule has 2 aromatic rings. The maximum Gasteiger partial charge on any atom is 0.127 e. The first-order valence-corrected chi connectivity index (χ1v) is 8.31. The van der Waals surface area contributed by atoms with Crippen LogP contribution in [0.5, 0.6) is 5.75 Å². The van der Waals surface area contributed by atoms with Crippen molar-refractivity contribution in [1.29, 1.82) is 0 Å². The molecule has 0 aliphatic heterocycles. The van der Waals surface area contributed by atoms with Crippen molar-refractivity contribution < 1.29 is 4.74 Å². The molecule has 0 spiro atoms. The first kappa shape index (κ1) is 13.4. The molecular formula is C17H21ClN2O. The zero-order valence-electron chi connectivity index (χ0n) is 12.6. The molecule has 4 atom stereocenters. The van der Waals surface area contributed by atoms with E-state index in [1.165, 1.54) is 31.2 Å². The summed E-state index contributed by atoms with van der Waals surface area (Å²) >= 11 is 6.42. The van der Waals surface area contributed by atoms with Crippen molar-refractivity contribution in [2.75, 3.05) is 7.11 Å².